The van der Waals surface area contributed by atoms with E-state index in [1.165, 1.54) is 89.9 Å². The third-order valence-corrected chi connectivity index (χ3v) is 8.21. The number of carboxylic acids is 3. The first-order valence-corrected chi connectivity index (χ1v) is 17.0. The number of unbranched alkanes of at least 4 members (excludes halogenated alkanes) is 16. The number of allylic oxidation sites excluding steroid dienone is 2. The fourth-order valence-electron chi connectivity index (χ4n) is 5.71. The van der Waals surface area contributed by atoms with Gasteiger partial charge in [-0.3, -0.25) is 14.4 Å². The normalized spacial score (nSPS) is 11.8. The number of quaternary nitrogens is 1. The molecule has 0 unspecified atom stereocenters. The zero-order chi connectivity index (χ0) is 30.4. The minimum atomic E-state index is -0.769. The van der Waals surface area contributed by atoms with Crippen molar-refractivity contribution >= 4 is 17.9 Å². The van der Waals surface area contributed by atoms with Crippen LogP contribution in [0.1, 0.15) is 161 Å². The maximum Gasteiger partial charge on any atom is 0.303 e. The fraction of sp³-hybridized carbons (Fsp3) is 0.853. The molecule has 0 aliphatic rings. The molecule has 0 spiro atoms. The van der Waals surface area contributed by atoms with Crippen molar-refractivity contribution in [2.75, 3.05) is 26.2 Å². The molecule has 3 N–H and O–H groups in total. The summed E-state index contributed by atoms with van der Waals surface area (Å²) in [5, 5.41) is 27.1. The molecule has 7 nitrogen and oxygen atoms in total. The summed E-state index contributed by atoms with van der Waals surface area (Å²) in [4.78, 5) is 33.0. The predicted molar refractivity (Wildman–Crippen MR) is 168 cm³/mol. The van der Waals surface area contributed by atoms with E-state index in [-0.39, 0.29) is 19.3 Å². The number of aliphatic carboxylic acids is 3. The van der Waals surface area contributed by atoms with E-state index >= 15 is 0 Å². The monoisotopic (exact) mass is 582 g/mol. The molecule has 0 aliphatic heterocycles. The van der Waals surface area contributed by atoms with Crippen LogP contribution < -0.4 is 0 Å². The van der Waals surface area contributed by atoms with Gasteiger partial charge in [0, 0.05) is 19.3 Å². The first-order chi connectivity index (χ1) is 19.8. The number of rotatable bonds is 32. The Bertz CT molecular complexity index is 623. The number of carboxylic acid groups (broad SMARTS) is 3. The van der Waals surface area contributed by atoms with Crippen molar-refractivity contribution in [1.29, 1.82) is 0 Å². The highest BCUT2D eigenvalue weighted by atomic mass is 16.4. The molecule has 0 fully saturated rings. The van der Waals surface area contributed by atoms with Gasteiger partial charge >= 0.3 is 17.9 Å². The molecule has 41 heavy (non-hydrogen) atoms. The van der Waals surface area contributed by atoms with Crippen molar-refractivity contribution in [3.8, 4) is 0 Å². The molecule has 0 radical (unpaired) electrons. The third-order valence-electron chi connectivity index (χ3n) is 8.21. The number of hydrogen-bond donors (Lipinski definition) is 3. The van der Waals surface area contributed by atoms with Crippen LogP contribution in [0.15, 0.2) is 12.2 Å². The molecule has 240 valence electrons. The van der Waals surface area contributed by atoms with Gasteiger partial charge in [0.05, 0.1) is 26.2 Å². The van der Waals surface area contributed by atoms with Gasteiger partial charge in [-0.25, -0.2) is 0 Å². The lowest BCUT2D eigenvalue weighted by molar-refractivity contribution is -0.929. The average molecular weight is 583 g/mol. The van der Waals surface area contributed by atoms with Gasteiger partial charge in [-0.1, -0.05) is 76.9 Å². The third kappa shape index (κ3) is 28.0. The summed E-state index contributed by atoms with van der Waals surface area (Å²) < 4.78 is 0.863. The van der Waals surface area contributed by atoms with Crippen molar-refractivity contribution in [3.63, 3.8) is 0 Å². The standard InChI is InChI=1S/C34H63NO6/c1-2-3-4-5-6-7-8-9-10-11-12-13-14-15-16-17-21-28-35(29-22-18-25-32(36)37,30-23-19-26-33(38)39)31-24-20-27-34(40)41/h10-11H,2-9,12-31H2,1H3,(H2-,36,37,38,39,40,41)/p+1/b11-10+. The SMILES string of the molecule is CCCCCCCCC/C=C/CCCCCCCC[N+](CCCCC(=O)O)(CCCCC(=O)O)CCCCC(=O)O. The summed E-state index contributed by atoms with van der Waals surface area (Å²) in [6, 6.07) is 0. The minimum Gasteiger partial charge on any atom is -0.481 e. The summed E-state index contributed by atoms with van der Waals surface area (Å²) in [7, 11) is 0. The Morgan fingerprint density at radius 1 is 0.439 bits per heavy atom. The van der Waals surface area contributed by atoms with Gasteiger partial charge in [-0.2, -0.15) is 0 Å². The van der Waals surface area contributed by atoms with Gasteiger partial charge in [0.25, 0.3) is 0 Å². The number of nitrogens with zero attached hydrogens (tertiary/aromatic N) is 1. The summed E-state index contributed by atoms with van der Waals surface area (Å²) in [5.74, 6) is -2.31. The van der Waals surface area contributed by atoms with Crippen LogP contribution in [0, 0.1) is 0 Å². The van der Waals surface area contributed by atoms with Crippen molar-refractivity contribution < 1.29 is 34.2 Å². The molecule has 0 rings (SSSR count). The maximum atomic E-state index is 11.0. The smallest absolute Gasteiger partial charge is 0.303 e. The molecule has 0 aromatic carbocycles. The molecule has 0 amide bonds. The summed E-state index contributed by atoms with van der Waals surface area (Å²) in [6.45, 7) is 5.93. The average Bonchev–Trinajstić information content (AvgIpc) is 2.93. The van der Waals surface area contributed by atoms with E-state index < -0.39 is 17.9 Å². The van der Waals surface area contributed by atoms with Gasteiger partial charge in [0.1, 0.15) is 0 Å². The highest BCUT2D eigenvalue weighted by Crippen LogP contribution is 2.19. The molecule has 0 aromatic rings. The zero-order valence-corrected chi connectivity index (χ0v) is 26.5. The second-order valence-electron chi connectivity index (χ2n) is 12.1. The minimum absolute atomic E-state index is 0.173. The van der Waals surface area contributed by atoms with Crippen LogP contribution in [0.3, 0.4) is 0 Å². The Kier molecular flexibility index (Phi) is 26.9. The van der Waals surface area contributed by atoms with Crippen molar-refractivity contribution in [3.05, 3.63) is 12.2 Å². The van der Waals surface area contributed by atoms with Gasteiger partial charge in [-0.15, -0.1) is 0 Å². The first kappa shape index (κ1) is 39.1. The van der Waals surface area contributed by atoms with E-state index in [1.54, 1.807) is 0 Å². The first-order valence-electron chi connectivity index (χ1n) is 17.0. The van der Waals surface area contributed by atoms with Crippen molar-refractivity contribution in [2.24, 2.45) is 0 Å². The van der Waals surface area contributed by atoms with Crippen LogP contribution in [0.25, 0.3) is 0 Å². The summed E-state index contributed by atoms with van der Waals surface area (Å²) in [5.41, 5.74) is 0. The lowest BCUT2D eigenvalue weighted by atomic mass is 10.1. The summed E-state index contributed by atoms with van der Waals surface area (Å²) in [6.07, 6.45) is 28.9. The molecule has 7 heteroatoms. The molecular weight excluding hydrogens is 518 g/mol. The Hall–Kier alpha value is -1.89. The van der Waals surface area contributed by atoms with E-state index in [2.05, 4.69) is 19.1 Å². The lowest BCUT2D eigenvalue weighted by Crippen LogP contribution is -2.51. The maximum absolute atomic E-state index is 11.0. The van der Waals surface area contributed by atoms with E-state index in [9.17, 15) is 14.4 Å². The molecule has 0 bridgehead atoms. The van der Waals surface area contributed by atoms with E-state index in [4.69, 9.17) is 15.3 Å². The largest absolute Gasteiger partial charge is 0.481 e. The predicted octanol–water partition coefficient (Wildman–Crippen LogP) is 9.00. The van der Waals surface area contributed by atoms with Gasteiger partial charge < -0.3 is 19.8 Å². The quantitative estimate of drug-likeness (QED) is 0.0414. The lowest BCUT2D eigenvalue weighted by Gasteiger charge is -2.39. The molecular formula is C34H64NO6+. The molecule has 0 atom stereocenters. The Morgan fingerprint density at radius 2 is 0.732 bits per heavy atom. The van der Waals surface area contributed by atoms with E-state index in [0.29, 0.717) is 19.3 Å². The van der Waals surface area contributed by atoms with Crippen molar-refractivity contribution in [2.45, 2.75) is 161 Å². The van der Waals surface area contributed by atoms with Gasteiger partial charge in [0.15, 0.2) is 0 Å². The summed E-state index contributed by atoms with van der Waals surface area (Å²) >= 11 is 0. The van der Waals surface area contributed by atoms with Crippen LogP contribution in [-0.4, -0.2) is 63.9 Å². The van der Waals surface area contributed by atoms with Gasteiger partial charge in [-0.05, 0) is 77.0 Å². The zero-order valence-electron chi connectivity index (χ0n) is 26.5. The van der Waals surface area contributed by atoms with Crippen molar-refractivity contribution in [1.82, 2.24) is 0 Å². The fourth-order valence-corrected chi connectivity index (χ4v) is 5.71. The second-order valence-corrected chi connectivity index (χ2v) is 12.1. The van der Waals surface area contributed by atoms with Crippen LogP contribution in [0.4, 0.5) is 0 Å². The molecule has 0 aliphatic carbocycles. The molecule has 0 aromatic heterocycles. The number of carbonyl (C=O) groups is 3. The highest BCUT2D eigenvalue weighted by Gasteiger charge is 2.26. The van der Waals surface area contributed by atoms with Crippen LogP contribution in [0.5, 0.6) is 0 Å². The van der Waals surface area contributed by atoms with Crippen LogP contribution >= 0.6 is 0 Å². The second kappa shape index (κ2) is 28.2. The Labute approximate surface area is 251 Å². The Morgan fingerprint density at radius 3 is 1.07 bits per heavy atom. The van der Waals surface area contributed by atoms with Gasteiger partial charge in [0.2, 0.25) is 0 Å². The highest BCUT2D eigenvalue weighted by molar-refractivity contribution is 5.67. The molecule has 0 saturated carbocycles. The molecule has 0 heterocycles. The Balaban J connectivity index is 4.42. The topological polar surface area (TPSA) is 112 Å². The van der Waals surface area contributed by atoms with E-state index in [1.807, 2.05) is 0 Å². The number of hydrogen-bond acceptors (Lipinski definition) is 3. The van der Waals surface area contributed by atoms with Crippen LogP contribution in [0.2, 0.25) is 0 Å². The van der Waals surface area contributed by atoms with E-state index in [0.717, 1.165) is 56.3 Å². The van der Waals surface area contributed by atoms with Crippen LogP contribution in [-0.2, 0) is 14.4 Å². The molecule has 0 saturated heterocycles.